The first-order valence-corrected chi connectivity index (χ1v) is 8.97. The average Bonchev–Trinajstić information content (AvgIpc) is 2.56. The van der Waals surface area contributed by atoms with Crippen molar-refractivity contribution >= 4 is 5.91 Å². The Kier molecular flexibility index (Phi) is 5.36. The lowest BCUT2D eigenvalue weighted by Crippen LogP contribution is -2.52. The van der Waals surface area contributed by atoms with E-state index in [0.29, 0.717) is 11.1 Å². The van der Waals surface area contributed by atoms with E-state index in [9.17, 15) is 14.7 Å². The van der Waals surface area contributed by atoms with Crippen LogP contribution in [0.1, 0.15) is 54.4 Å². The van der Waals surface area contributed by atoms with Crippen LogP contribution < -0.4 is 10.9 Å². The fraction of sp³-hybridized carbons (Fsp3) is 0.667. The summed E-state index contributed by atoms with van der Waals surface area (Å²) in [4.78, 5) is 28.6. The minimum absolute atomic E-state index is 0.125. The lowest BCUT2D eigenvalue weighted by molar-refractivity contribution is 0.00727. The van der Waals surface area contributed by atoms with Crippen molar-refractivity contribution in [3.63, 3.8) is 0 Å². The third-order valence-corrected chi connectivity index (χ3v) is 5.40. The number of nitrogens with one attached hydrogen (secondary N) is 2. The Bertz CT molecular complexity index is 635. The summed E-state index contributed by atoms with van der Waals surface area (Å²) in [5.41, 5.74) is 1.03. The molecule has 1 saturated heterocycles. The summed E-state index contributed by atoms with van der Waals surface area (Å²) in [6, 6.07) is 1.89. The Balaban J connectivity index is 1.53. The first-order valence-electron chi connectivity index (χ1n) is 8.97. The molecule has 6 nitrogen and oxygen atoms in total. The summed E-state index contributed by atoms with van der Waals surface area (Å²) in [7, 11) is 0. The van der Waals surface area contributed by atoms with Crippen molar-refractivity contribution in [3.05, 3.63) is 33.7 Å². The Hall–Kier alpha value is -1.66. The molecule has 2 fully saturated rings. The van der Waals surface area contributed by atoms with Gasteiger partial charge in [-0.15, -0.1) is 0 Å². The molecule has 3 N–H and O–H groups in total. The lowest BCUT2D eigenvalue weighted by Gasteiger charge is -2.41. The maximum atomic E-state index is 12.4. The van der Waals surface area contributed by atoms with Gasteiger partial charge in [0.25, 0.3) is 5.91 Å². The van der Waals surface area contributed by atoms with E-state index in [0.717, 1.165) is 45.2 Å². The van der Waals surface area contributed by atoms with Crippen LogP contribution in [0.4, 0.5) is 0 Å². The standard InChI is InChI=1S/C18H27N3O3/c1-12-10-17(23)19-11-14(12)18(24)20-13-6-8-21(9-7-13)15-4-2-3-5-16(15)22/h10-11,13,15-16,22H,2-9H2,1H3,(H,19,23)(H,20,24). The Morgan fingerprint density at radius 3 is 2.62 bits per heavy atom. The molecule has 1 aromatic heterocycles. The highest BCUT2D eigenvalue weighted by Gasteiger charge is 2.31. The summed E-state index contributed by atoms with van der Waals surface area (Å²) in [6.07, 6.45) is 7.40. The molecule has 1 aromatic rings. The van der Waals surface area contributed by atoms with Gasteiger partial charge in [-0.05, 0) is 38.2 Å². The number of carbonyl (C=O) groups excluding carboxylic acids is 1. The van der Waals surface area contributed by atoms with E-state index in [1.165, 1.54) is 18.7 Å². The van der Waals surface area contributed by atoms with Gasteiger partial charge in [-0.1, -0.05) is 12.8 Å². The quantitative estimate of drug-likeness (QED) is 0.775. The number of likely N-dealkylation sites (tertiary alicyclic amines) is 1. The molecule has 3 rings (SSSR count). The predicted octanol–water partition coefficient (Wildman–Crippen LogP) is 1.18. The molecule has 0 bridgehead atoms. The highest BCUT2D eigenvalue weighted by Crippen LogP contribution is 2.26. The number of nitrogens with zero attached hydrogens (tertiary/aromatic N) is 1. The second-order valence-corrected chi connectivity index (χ2v) is 7.10. The monoisotopic (exact) mass is 333 g/mol. The summed E-state index contributed by atoms with van der Waals surface area (Å²) in [6.45, 7) is 3.60. The molecule has 2 unspecified atom stereocenters. The van der Waals surface area contributed by atoms with Gasteiger partial charge in [0.2, 0.25) is 5.56 Å². The average molecular weight is 333 g/mol. The molecule has 2 heterocycles. The number of aryl methyl sites for hydroxylation is 1. The van der Waals surface area contributed by atoms with Crippen molar-refractivity contribution in [2.24, 2.45) is 0 Å². The Morgan fingerprint density at radius 1 is 1.25 bits per heavy atom. The highest BCUT2D eigenvalue weighted by atomic mass is 16.3. The van der Waals surface area contributed by atoms with Crippen molar-refractivity contribution in [1.29, 1.82) is 0 Å². The maximum Gasteiger partial charge on any atom is 0.253 e. The van der Waals surface area contributed by atoms with Crippen molar-refractivity contribution in [1.82, 2.24) is 15.2 Å². The molecule has 24 heavy (non-hydrogen) atoms. The molecule has 132 valence electrons. The minimum Gasteiger partial charge on any atom is -0.391 e. The number of aliphatic hydroxyl groups is 1. The van der Waals surface area contributed by atoms with Gasteiger partial charge in [0.05, 0.1) is 11.7 Å². The summed E-state index contributed by atoms with van der Waals surface area (Å²) >= 11 is 0. The Morgan fingerprint density at radius 2 is 1.96 bits per heavy atom. The largest absolute Gasteiger partial charge is 0.391 e. The molecule has 2 aliphatic rings. The third kappa shape index (κ3) is 3.87. The fourth-order valence-electron chi connectivity index (χ4n) is 3.97. The number of carbonyl (C=O) groups is 1. The summed E-state index contributed by atoms with van der Waals surface area (Å²) in [5, 5.41) is 13.3. The van der Waals surface area contributed by atoms with Crippen LogP contribution in [-0.4, -0.2) is 52.2 Å². The van der Waals surface area contributed by atoms with Crippen LogP contribution in [0.25, 0.3) is 0 Å². The molecule has 1 aliphatic carbocycles. The van der Waals surface area contributed by atoms with E-state index < -0.39 is 0 Å². The number of hydrogen-bond donors (Lipinski definition) is 3. The van der Waals surface area contributed by atoms with Gasteiger partial charge < -0.3 is 15.4 Å². The van der Waals surface area contributed by atoms with E-state index in [2.05, 4.69) is 15.2 Å². The van der Waals surface area contributed by atoms with Crippen molar-refractivity contribution in [2.45, 2.75) is 63.6 Å². The number of aliphatic hydroxyl groups excluding tert-OH is 1. The zero-order valence-corrected chi connectivity index (χ0v) is 14.3. The number of piperidine rings is 1. The van der Waals surface area contributed by atoms with Crippen LogP contribution in [0.15, 0.2) is 17.1 Å². The number of rotatable bonds is 3. The van der Waals surface area contributed by atoms with Gasteiger partial charge in [0, 0.05) is 37.4 Å². The first kappa shape index (κ1) is 17.2. The molecule has 1 aliphatic heterocycles. The minimum atomic E-state index is -0.200. The molecule has 0 radical (unpaired) electrons. The topological polar surface area (TPSA) is 85.4 Å². The van der Waals surface area contributed by atoms with Gasteiger partial charge in [-0.2, -0.15) is 0 Å². The van der Waals surface area contributed by atoms with Crippen LogP contribution in [-0.2, 0) is 0 Å². The molecular formula is C18H27N3O3. The van der Waals surface area contributed by atoms with E-state index in [1.807, 2.05) is 0 Å². The highest BCUT2D eigenvalue weighted by molar-refractivity contribution is 5.95. The van der Waals surface area contributed by atoms with Crippen molar-refractivity contribution < 1.29 is 9.90 Å². The van der Waals surface area contributed by atoms with Crippen LogP contribution in [0.3, 0.4) is 0 Å². The molecule has 0 spiro atoms. The lowest BCUT2D eigenvalue weighted by atomic mass is 9.89. The Labute approximate surface area is 142 Å². The van der Waals surface area contributed by atoms with Gasteiger partial charge >= 0.3 is 0 Å². The zero-order valence-electron chi connectivity index (χ0n) is 14.3. The molecule has 1 saturated carbocycles. The maximum absolute atomic E-state index is 12.4. The first-order chi connectivity index (χ1) is 11.5. The molecule has 6 heteroatoms. The van der Waals surface area contributed by atoms with E-state index >= 15 is 0 Å². The van der Waals surface area contributed by atoms with Gasteiger partial charge in [-0.25, -0.2) is 0 Å². The van der Waals surface area contributed by atoms with E-state index in [-0.39, 0.29) is 29.7 Å². The van der Waals surface area contributed by atoms with Crippen LogP contribution in [0.5, 0.6) is 0 Å². The molecule has 1 amide bonds. The SMILES string of the molecule is Cc1cc(=O)[nH]cc1C(=O)NC1CCN(C2CCCCC2O)CC1. The second-order valence-electron chi connectivity index (χ2n) is 7.10. The molecule has 2 atom stereocenters. The van der Waals surface area contributed by atoms with E-state index in [4.69, 9.17) is 0 Å². The van der Waals surface area contributed by atoms with Gasteiger partial charge in [-0.3, -0.25) is 14.5 Å². The third-order valence-electron chi connectivity index (χ3n) is 5.40. The van der Waals surface area contributed by atoms with Crippen LogP contribution in [0, 0.1) is 6.92 Å². The zero-order chi connectivity index (χ0) is 17.1. The number of pyridine rings is 1. The fourth-order valence-corrected chi connectivity index (χ4v) is 3.97. The normalized spacial score (nSPS) is 26.2. The summed E-state index contributed by atoms with van der Waals surface area (Å²) < 4.78 is 0. The second kappa shape index (κ2) is 7.49. The number of H-pyrrole nitrogens is 1. The number of amides is 1. The smallest absolute Gasteiger partial charge is 0.253 e. The van der Waals surface area contributed by atoms with Crippen LogP contribution >= 0.6 is 0 Å². The van der Waals surface area contributed by atoms with Gasteiger partial charge in [0.15, 0.2) is 0 Å². The van der Waals surface area contributed by atoms with Crippen molar-refractivity contribution in [2.75, 3.05) is 13.1 Å². The van der Waals surface area contributed by atoms with Crippen LogP contribution in [0.2, 0.25) is 0 Å². The van der Waals surface area contributed by atoms with Crippen molar-refractivity contribution in [3.8, 4) is 0 Å². The molecular weight excluding hydrogens is 306 g/mol. The van der Waals surface area contributed by atoms with Gasteiger partial charge in [0.1, 0.15) is 0 Å². The number of aromatic nitrogens is 1. The predicted molar refractivity (Wildman–Crippen MR) is 92.1 cm³/mol. The number of hydrogen-bond acceptors (Lipinski definition) is 4. The molecule has 0 aromatic carbocycles. The number of aromatic amines is 1. The summed E-state index contributed by atoms with van der Waals surface area (Å²) in [5.74, 6) is -0.125. The van der Waals surface area contributed by atoms with E-state index in [1.54, 1.807) is 6.92 Å².